The minimum atomic E-state index is -0.775. The summed E-state index contributed by atoms with van der Waals surface area (Å²) >= 11 is 0. The fraction of sp³-hybridized carbons (Fsp3) is 0.381. The molecule has 0 saturated carbocycles. The van der Waals surface area contributed by atoms with Crippen LogP contribution in [-0.2, 0) is 11.3 Å². The van der Waals surface area contributed by atoms with Crippen molar-refractivity contribution in [3.63, 3.8) is 0 Å². The van der Waals surface area contributed by atoms with Crippen LogP contribution in [0.3, 0.4) is 0 Å². The second kappa shape index (κ2) is 7.25. The first-order valence-electron chi connectivity index (χ1n) is 8.99. The summed E-state index contributed by atoms with van der Waals surface area (Å²) in [5.41, 5.74) is 0.822. The number of hydrogen-bond acceptors (Lipinski definition) is 3. The number of ether oxygens (including phenoxy) is 1. The van der Waals surface area contributed by atoms with Gasteiger partial charge in [0.15, 0.2) is 5.78 Å². The van der Waals surface area contributed by atoms with E-state index in [4.69, 9.17) is 4.74 Å². The van der Waals surface area contributed by atoms with Crippen LogP contribution in [0.5, 0.6) is 0 Å². The van der Waals surface area contributed by atoms with Crippen LogP contribution in [-0.4, -0.2) is 36.0 Å². The molecule has 4 rings (SSSR count). The van der Waals surface area contributed by atoms with Crippen molar-refractivity contribution in [2.45, 2.75) is 31.5 Å². The van der Waals surface area contributed by atoms with Gasteiger partial charge in [-0.1, -0.05) is 36.4 Å². The number of Topliss-reactive ketones (excluding diaryl/α,β-unsaturated/α-hetero) is 1. The third kappa shape index (κ3) is 3.29. The van der Waals surface area contributed by atoms with Gasteiger partial charge in [0.1, 0.15) is 11.6 Å². The van der Waals surface area contributed by atoms with Crippen molar-refractivity contribution in [2.24, 2.45) is 5.92 Å². The Bertz CT molecular complexity index is 762. The van der Waals surface area contributed by atoms with Crippen LogP contribution in [0.4, 0.5) is 8.78 Å². The zero-order chi connectivity index (χ0) is 18.1. The van der Waals surface area contributed by atoms with Gasteiger partial charge in [-0.15, -0.1) is 0 Å². The molecule has 0 aromatic heterocycles. The highest BCUT2D eigenvalue weighted by molar-refractivity contribution is 5.98. The second-order valence-corrected chi connectivity index (χ2v) is 7.13. The van der Waals surface area contributed by atoms with E-state index in [2.05, 4.69) is 17.0 Å². The summed E-state index contributed by atoms with van der Waals surface area (Å²) in [6.45, 7) is 1.90. The van der Waals surface area contributed by atoms with Gasteiger partial charge in [-0.2, -0.15) is 0 Å². The molecule has 0 N–H and O–H groups in total. The summed E-state index contributed by atoms with van der Waals surface area (Å²) < 4.78 is 33.7. The lowest BCUT2D eigenvalue weighted by Crippen LogP contribution is -2.57. The maximum atomic E-state index is 14.0. The first kappa shape index (κ1) is 17.3. The monoisotopic (exact) mass is 357 g/mol. The average molecular weight is 357 g/mol. The van der Waals surface area contributed by atoms with Gasteiger partial charge in [0, 0.05) is 24.5 Å². The van der Waals surface area contributed by atoms with Crippen LogP contribution >= 0.6 is 0 Å². The number of nitrogens with zero attached hydrogens (tertiary/aromatic N) is 1. The molecule has 2 atom stereocenters. The number of morpholine rings is 1. The summed E-state index contributed by atoms with van der Waals surface area (Å²) in [6.07, 6.45) is 1.13. The summed E-state index contributed by atoms with van der Waals surface area (Å²) in [7, 11) is 0. The first-order chi connectivity index (χ1) is 12.6. The highest BCUT2D eigenvalue weighted by Gasteiger charge is 2.42. The number of piperidine rings is 1. The van der Waals surface area contributed by atoms with Crippen LogP contribution < -0.4 is 0 Å². The third-order valence-corrected chi connectivity index (χ3v) is 5.46. The highest BCUT2D eigenvalue weighted by Crippen LogP contribution is 2.35. The van der Waals surface area contributed by atoms with Crippen molar-refractivity contribution < 1.29 is 18.3 Å². The lowest BCUT2D eigenvalue weighted by atomic mass is 9.80. The van der Waals surface area contributed by atoms with E-state index in [-0.39, 0.29) is 18.0 Å². The third-order valence-electron chi connectivity index (χ3n) is 5.46. The van der Waals surface area contributed by atoms with Gasteiger partial charge in [0.2, 0.25) is 0 Å². The number of fused-ring (bicyclic) bond motifs is 2. The summed E-state index contributed by atoms with van der Waals surface area (Å²) in [5, 5.41) is 0. The molecule has 2 heterocycles. The number of rotatable bonds is 4. The van der Waals surface area contributed by atoms with Crippen molar-refractivity contribution in [1.29, 1.82) is 0 Å². The summed E-state index contributed by atoms with van der Waals surface area (Å²) in [5.74, 6) is -2.34. The van der Waals surface area contributed by atoms with E-state index in [0.29, 0.717) is 26.1 Å². The molecule has 2 aromatic carbocycles. The van der Waals surface area contributed by atoms with Crippen LogP contribution in [0.1, 0.15) is 28.8 Å². The molecule has 3 nitrogen and oxygen atoms in total. The fourth-order valence-electron chi connectivity index (χ4n) is 4.19. The van der Waals surface area contributed by atoms with Crippen molar-refractivity contribution in [3.8, 4) is 0 Å². The van der Waals surface area contributed by atoms with E-state index < -0.39 is 23.0 Å². The summed E-state index contributed by atoms with van der Waals surface area (Å²) in [6, 6.07) is 13.9. The molecule has 0 amide bonds. The molecule has 2 unspecified atom stereocenters. The number of halogens is 2. The molecule has 0 spiro atoms. The van der Waals surface area contributed by atoms with Crippen LogP contribution in [0.25, 0.3) is 0 Å². The molecule has 5 heteroatoms. The van der Waals surface area contributed by atoms with Gasteiger partial charge in [0.25, 0.3) is 0 Å². The minimum absolute atomic E-state index is 0.0893. The van der Waals surface area contributed by atoms with Crippen LogP contribution in [0.2, 0.25) is 0 Å². The molecule has 2 bridgehead atoms. The van der Waals surface area contributed by atoms with Crippen LogP contribution in [0.15, 0.2) is 48.5 Å². The zero-order valence-electron chi connectivity index (χ0n) is 14.4. The zero-order valence-corrected chi connectivity index (χ0v) is 14.4. The Kier molecular flexibility index (Phi) is 4.83. The molecular weight excluding hydrogens is 336 g/mol. The summed E-state index contributed by atoms with van der Waals surface area (Å²) in [4.78, 5) is 15.2. The van der Waals surface area contributed by atoms with Crippen molar-refractivity contribution in [2.75, 3.05) is 13.2 Å². The van der Waals surface area contributed by atoms with E-state index in [1.165, 1.54) is 11.6 Å². The predicted octanol–water partition coefficient (Wildman–Crippen LogP) is 3.83. The molecule has 136 valence electrons. The highest BCUT2D eigenvalue weighted by atomic mass is 19.1. The van der Waals surface area contributed by atoms with E-state index in [0.717, 1.165) is 18.7 Å². The van der Waals surface area contributed by atoms with Crippen LogP contribution in [0, 0.1) is 17.6 Å². The van der Waals surface area contributed by atoms with Gasteiger partial charge in [-0.05, 0) is 30.5 Å². The molecule has 0 radical (unpaired) electrons. The first-order valence-corrected chi connectivity index (χ1v) is 8.99. The van der Waals surface area contributed by atoms with Crippen molar-refractivity contribution >= 4 is 5.78 Å². The Labute approximate surface area is 151 Å². The lowest BCUT2D eigenvalue weighted by Gasteiger charge is -2.48. The Balaban J connectivity index is 1.53. The molecule has 2 aliphatic heterocycles. The number of benzene rings is 2. The average Bonchev–Trinajstić information content (AvgIpc) is 2.62. The SMILES string of the molecule is O=C(c1c(F)cccc1F)C1CC2COCC(C1)N2Cc1ccccc1. The van der Waals surface area contributed by atoms with E-state index >= 15 is 0 Å². The molecule has 2 aliphatic rings. The standard InChI is InChI=1S/C21H21F2NO2/c22-18-7-4-8-19(23)20(18)21(25)15-9-16-12-26-13-17(10-15)24(16)11-14-5-2-1-3-6-14/h1-8,15-17H,9-13H2. The van der Waals surface area contributed by atoms with Gasteiger partial charge >= 0.3 is 0 Å². The number of hydrogen-bond donors (Lipinski definition) is 0. The van der Waals surface area contributed by atoms with Crippen molar-refractivity contribution in [1.82, 2.24) is 4.90 Å². The maximum Gasteiger partial charge on any atom is 0.171 e. The Morgan fingerprint density at radius 1 is 0.962 bits per heavy atom. The van der Waals surface area contributed by atoms with Gasteiger partial charge in [0.05, 0.1) is 18.8 Å². The van der Waals surface area contributed by atoms with Gasteiger partial charge in [-0.3, -0.25) is 9.69 Å². The quantitative estimate of drug-likeness (QED) is 0.779. The smallest absolute Gasteiger partial charge is 0.171 e. The molecule has 2 saturated heterocycles. The molecular formula is C21H21F2NO2. The topological polar surface area (TPSA) is 29.5 Å². The fourth-order valence-corrected chi connectivity index (χ4v) is 4.19. The molecule has 2 aromatic rings. The number of ketones is 1. The Morgan fingerprint density at radius 3 is 2.19 bits per heavy atom. The lowest BCUT2D eigenvalue weighted by molar-refractivity contribution is -0.0873. The molecule has 2 fully saturated rings. The maximum absolute atomic E-state index is 14.0. The second-order valence-electron chi connectivity index (χ2n) is 7.13. The van der Waals surface area contributed by atoms with Gasteiger partial charge in [-0.25, -0.2) is 8.78 Å². The minimum Gasteiger partial charge on any atom is -0.378 e. The number of carbonyl (C=O) groups excluding carboxylic acids is 1. The molecule has 0 aliphatic carbocycles. The Morgan fingerprint density at radius 2 is 1.58 bits per heavy atom. The largest absolute Gasteiger partial charge is 0.378 e. The van der Waals surface area contributed by atoms with E-state index in [1.54, 1.807) is 0 Å². The molecule has 26 heavy (non-hydrogen) atoms. The van der Waals surface area contributed by atoms with E-state index in [1.807, 2.05) is 18.2 Å². The normalized spacial score (nSPS) is 25.8. The van der Waals surface area contributed by atoms with E-state index in [9.17, 15) is 13.6 Å². The van der Waals surface area contributed by atoms with Gasteiger partial charge < -0.3 is 4.74 Å². The number of carbonyl (C=O) groups is 1. The van der Waals surface area contributed by atoms with Crippen molar-refractivity contribution in [3.05, 3.63) is 71.3 Å². The predicted molar refractivity (Wildman–Crippen MR) is 93.8 cm³/mol. The Hall–Kier alpha value is -2.11.